The van der Waals surface area contributed by atoms with Gasteiger partial charge >= 0.3 is 0 Å². The second kappa shape index (κ2) is 7.80. The minimum absolute atomic E-state index is 0.0343. The summed E-state index contributed by atoms with van der Waals surface area (Å²) >= 11 is 3.44. The molecule has 0 bridgehead atoms. The van der Waals surface area contributed by atoms with Crippen LogP contribution in [-0.2, 0) is 0 Å². The molecule has 0 aliphatic rings. The number of hydrogen-bond acceptors (Lipinski definition) is 3. The molecule has 0 atom stereocenters. The van der Waals surface area contributed by atoms with Crippen molar-refractivity contribution in [1.82, 2.24) is 0 Å². The Labute approximate surface area is 138 Å². The van der Waals surface area contributed by atoms with Crippen LogP contribution in [0.3, 0.4) is 0 Å². The third-order valence-corrected chi connectivity index (χ3v) is 3.89. The van der Waals surface area contributed by atoms with Gasteiger partial charge in [0, 0.05) is 10.9 Å². The Morgan fingerprint density at radius 3 is 1.77 bits per heavy atom. The third kappa shape index (κ3) is 3.98. The van der Waals surface area contributed by atoms with Crippen molar-refractivity contribution in [2.75, 3.05) is 19.5 Å². The molecule has 0 saturated carbocycles. The molecule has 0 saturated heterocycles. The van der Waals surface area contributed by atoms with Gasteiger partial charge in [-0.1, -0.05) is 28.1 Å². The highest BCUT2D eigenvalue weighted by Crippen LogP contribution is 2.21. The van der Waals surface area contributed by atoms with Gasteiger partial charge in [0.05, 0.1) is 14.2 Å². The van der Waals surface area contributed by atoms with Crippen molar-refractivity contribution in [1.29, 1.82) is 0 Å². The van der Waals surface area contributed by atoms with E-state index in [2.05, 4.69) is 15.9 Å². The minimum Gasteiger partial charge on any atom is -0.497 e. The van der Waals surface area contributed by atoms with E-state index in [4.69, 9.17) is 9.47 Å². The Kier molecular flexibility index (Phi) is 5.78. The summed E-state index contributed by atoms with van der Waals surface area (Å²) in [5, 5.41) is 0.598. The molecule has 2 aromatic rings. The van der Waals surface area contributed by atoms with Gasteiger partial charge in [-0.25, -0.2) is 0 Å². The van der Waals surface area contributed by atoms with Crippen LogP contribution in [0.4, 0.5) is 0 Å². The Morgan fingerprint density at radius 1 is 0.909 bits per heavy atom. The van der Waals surface area contributed by atoms with Gasteiger partial charge in [0.25, 0.3) is 0 Å². The van der Waals surface area contributed by atoms with E-state index in [9.17, 15) is 4.79 Å². The molecule has 2 aromatic carbocycles. The van der Waals surface area contributed by atoms with Gasteiger partial charge in [-0.2, -0.15) is 0 Å². The van der Waals surface area contributed by atoms with Gasteiger partial charge in [0.15, 0.2) is 5.78 Å². The van der Waals surface area contributed by atoms with Gasteiger partial charge in [-0.15, -0.1) is 0 Å². The third-order valence-electron chi connectivity index (χ3n) is 3.28. The average Bonchev–Trinajstić information content (AvgIpc) is 2.59. The normalized spacial score (nSPS) is 11.1. The van der Waals surface area contributed by atoms with Crippen LogP contribution >= 0.6 is 15.9 Å². The van der Waals surface area contributed by atoms with Gasteiger partial charge in [0.2, 0.25) is 0 Å². The molecule has 0 heterocycles. The fourth-order valence-electron chi connectivity index (χ4n) is 2.00. The first kappa shape index (κ1) is 16.3. The molecule has 0 spiro atoms. The Balaban J connectivity index is 2.24. The quantitative estimate of drug-likeness (QED) is 0.436. The van der Waals surface area contributed by atoms with Gasteiger partial charge < -0.3 is 9.47 Å². The van der Waals surface area contributed by atoms with E-state index in [-0.39, 0.29) is 5.78 Å². The summed E-state index contributed by atoms with van der Waals surface area (Å²) in [6.45, 7) is 0. The summed E-state index contributed by atoms with van der Waals surface area (Å²) in [5.74, 6) is 1.49. The van der Waals surface area contributed by atoms with E-state index < -0.39 is 0 Å². The first-order chi connectivity index (χ1) is 10.7. The summed E-state index contributed by atoms with van der Waals surface area (Å²) < 4.78 is 10.2. The lowest BCUT2D eigenvalue weighted by Gasteiger charge is -2.06. The SMILES string of the molecule is COc1ccc(C(=O)C=C(CBr)c2ccc(OC)cc2)cc1. The standard InChI is InChI=1S/C18H17BrO3/c1-21-16-7-3-13(4-8-16)15(12-19)11-18(20)14-5-9-17(22-2)10-6-14/h3-11H,12H2,1-2H3. The van der Waals surface area contributed by atoms with E-state index in [1.165, 1.54) is 0 Å². The molecule has 22 heavy (non-hydrogen) atoms. The highest BCUT2D eigenvalue weighted by Gasteiger charge is 2.07. The summed E-state index contributed by atoms with van der Waals surface area (Å²) in [4.78, 5) is 12.3. The van der Waals surface area contributed by atoms with Gasteiger partial charge in [0.1, 0.15) is 11.5 Å². The molecular formula is C18H17BrO3. The molecule has 0 aromatic heterocycles. The molecule has 0 radical (unpaired) electrons. The maximum Gasteiger partial charge on any atom is 0.186 e. The zero-order chi connectivity index (χ0) is 15.9. The van der Waals surface area contributed by atoms with Crippen LogP contribution in [0.25, 0.3) is 5.57 Å². The zero-order valence-electron chi connectivity index (χ0n) is 12.5. The van der Waals surface area contributed by atoms with Crippen molar-refractivity contribution in [3.05, 3.63) is 65.7 Å². The molecular weight excluding hydrogens is 344 g/mol. The Morgan fingerprint density at radius 2 is 1.36 bits per heavy atom. The lowest BCUT2D eigenvalue weighted by atomic mass is 10.0. The Bertz CT molecular complexity index is 658. The summed E-state index contributed by atoms with van der Waals surface area (Å²) in [5.41, 5.74) is 2.54. The lowest BCUT2D eigenvalue weighted by Crippen LogP contribution is -1.98. The molecule has 0 aliphatic heterocycles. The molecule has 0 aliphatic carbocycles. The van der Waals surface area contributed by atoms with E-state index in [0.717, 1.165) is 22.6 Å². The lowest BCUT2D eigenvalue weighted by molar-refractivity contribution is 0.104. The highest BCUT2D eigenvalue weighted by atomic mass is 79.9. The maximum atomic E-state index is 12.3. The summed E-state index contributed by atoms with van der Waals surface area (Å²) in [6, 6.07) is 14.7. The molecule has 0 amide bonds. The molecule has 3 nitrogen and oxygen atoms in total. The van der Waals surface area contributed by atoms with Crippen LogP contribution in [0.2, 0.25) is 0 Å². The second-order valence-corrected chi connectivity index (χ2v) is 5.19. The summed E-state index contributed by atoms with van der Waals surface area (Å²) in [7, 11) is 3.23. The number of ketones is 1. The van der Waals surface area contributed by atoms with Crippen molar-refractivity contribution in [2.45, 2.75) is 0 Å². The van der Waals surface area contributed by atoms with E-state index >= 15 is 0 Å². The molecule has 4 heteroatoms. The minimum atomic E-state index is -0.0343. The number of carbonyl (C=O) groups is 1. The predicted octanol–water partition coefficient (Wildman–Crippen LogP) is 4.37. The predicted molar refractivity (Wildman–Crippen MR) is 92.1 cm³/mol. The van der Waals surface area contributed by atoms with Crippen molar-refractivity contribution < 1.29 is 14.3 Å². The van der Waals surface area contributed by atoms with Crippen LogP contribution in [-0.4, -0.2) is 25.3 Å². The molecule has 2 rings (SSSR count). The van der Waals surface area contributed by atoms with Crippen LogP contribution in [0.5, 0.6) is 11.5 Å². The number of alkyl halides is 1. The van der Waals surface area contributed by atoms with Gasteiger partial charge in [-0.3, -0.25) is 4.79 Å². The Hall–Kier alpha value is -2.07. The van der Waals surface area contributed by atoms with Crippen LogP contribution in [0, 0.1) is 0 Å². The maximum absolute atomic E-state index is 12.3. The average molecular weight is 361 g/mol. The highest BCUT2D eigenvalue weighted by molar-refractivity contribution is 9.09. The largest absolute Gasteiger partial charge is 0.497 e. The molecule has 0 N–H and O–H groups in total. The van der Waals surface area contributed by atoms with E-state index in [1.807, 2.05) is 24.3 Å². The van der Waals surface area contributed by atoms with Crippen LogP contribution < -0.4 is 9.47 Å². The number of hydrogen-bond donors (Lipinski definition) is 0. The number of rotatable bonds is 6. The second-order valence-electron chi connectivity index (χ2n) is 4.62. The number of halogens is 1. The number of methoxy groups -OCH3 is 2. The van der Waals surface area contributed by atoms with Crippen molar-refractivity contribution in [2.24, 2.45) is 0 Å². The number of ether oxygens (including phenoxy) is 2. The van der Waals surface area contributed by atoms with Crippen molar-refractivity contribution in [3.63, 3.8) is 0 Å². The first-order valence-corrected chi connectivity index (χ1v) is 7.89. The number of carbonyl (C=O) groups excluding carboxylic acids is 1. The van der Waals surface area contributed by atoms with Crippen molar-refractivity contribution in [3.8, 4) is 11.5 Å². The monoisotopic (exact) mass is 360 g/mol. The van der Waals surface area contributed by atoms with Gasteiger partial charge in [-0.05, 0) is 53.6 Å². The first-order valence-electron chi connectivity index (χ1n) is 6.77. The van der Waals surface area contributed by atoms with E-state index in [0.29, 0.717) is 10.9 Å². The van der Waals surface area contributed by atoms with E-state index in [1.54, 1.807) is 44.6 Å². The zero-order valence-corrected chi connectivity index (χ0v) is 14.1. The topological polar surface area (TPSA) is 35.5 Å². The fraction of sp³-hybridized carbons (Fsp3) is 0.167. The molecule has 114 valence electrons. The summed E-state index contributed by atoms with van der Waals surface area (Å²) in [6.07, 6.45) is 1.65. The number of benzene rings is 2. The molecule has 0 unspecified atom stereocenters. The van der Waals surface area contributed by atoms with Crippen LogP contribution in [0.1, 0.15) is 15.9 Å². The smallest absolute Gasteiger partial charge is 0.186 e. The number of allylic oxidation sites excluding steroid dienone is 2. The van der Waals surface area contributed by atoms with Crippen molar-refractivity contribution >= 4 is 27.3 Å². The fourth-order valence-corrected chi connectivity index (χ4v) is 2.49. The van der Waals surface area contributed by atoms with Crippen LogP contribution in [0.15, 0.2) is 54.6 Å². The molecule has 0 fully saturated rings.